The molecule has 0 aliphatic rings. The molecule has 0 spiro atoms. The molecule has 1 N–H and O–H groups in total. The van der Waals surface area contributed by atoms with Crippen molar-refractivity contribution >= 4 is 17.5 Å². The molecule has 0 saturated heterocycles. The zero-order chi connectivity index (χ0) is 11.1. The van der Waals surface area contributed by atoms with Crippen LogP contribution in [0, 0.1) is 5.82 Å². The topological polar surface area (TPSA) is 29.1 Å². The van der Waals surface area contributed by atoms with Gasteiger partial charge >= 0.3 is 0 Å². The number of benzene rings is 1. The highest BCUT2D eigenvalue weighted by atomic mass is 35.5. The Bertz CT molecular complexity index is 313. The first-order valence-corrected chi connectivity index (χ1v) is 5.33. The Kier molecular flexibility index (Phi) is 5.12. The molecule has 4 heteroatoms. The zero-order valence-electron chi connectivity index (χ0n) is 8.30. The van der Waals surface area contributed by atoms with E-state index < -0.39 is 0 Å². The minimum absolute atomic E-state index is 0.0632. The first-order chi connectivity index (χ1) is 7.22. The van der Waals surface area contributed by atoms with Crippen molar-refractivity contribution in [2.45, 2.75) is 12.8 Å². The van der Waals surface area contributed by atoms with E-state index in [1.807, 2.05) is 0 Å². The summed E-state index contributed by atoms with van der Waals surface area (Å²) in [5.74, 6) is 0.185. The van der Waals surface area contributed by atoms with E-state index in [2.05, 4.69) is 5.32 Å². The summed E-state index contributed by atoms with van der Waals surface area (Å²) in [6.45, 7) is 0.587. The maximum Gasteiger partial charge on any atom is 0.224 e. The van der Waals surface area contributed by atoms with E-state index in [1.54, 1.807) is 12.1 Å². The molecule has 0 bridgehead atoms. The minimum atomic E-state index is -0.290. The molecule has 82 valence electrons. The van der Waals surface area contributed by atoms with Crippen LogP contribution in [0.25, 0.3) is 0 Å². The van der Waals surface area contributed by atoms with Crippen LogP contribution in [0.4, 0.5) is 4.39 Å². The zero-order valence-corrected chi connectivity index (χ0v) is 9.06. The van der Waals surface area contributed by atoms with Crippen LogP contribution in [0.1, 0.15) is 12.0 Å². The summed E-state index contributed by atoms with van der Waals surface area (Å²) in [5, 5.41) is 2.73. The van der Waals surface area contributed by atoms with Crippen LogP contribution in [0.5, 0.6) is 0 Å². The number of halogens is 2. The summed E-state index contributed by atoms with van der Waals surface area (Å²) >= 11 is 5.47. The smallest absolute Gasteiger partial charge is 0.224 e. The van der Waals surface area contributed by atoms with Gasteiger partial charge in [-0.2, -0.15) is 0 Å². The van der Waals surface area contributed by atoms with Crippen LogP contribution < -0.4 is 5.32 Å². The lowest BCUT2D eigenvalue weighted by molar-refractivity contribution is -0.120. The second-order valence-corrected chi connectivity index (χ2v) is 3.57. The summed E-state index contributed by atoms with van der Waals surface area (Å²) in [7, 11) is 0. The predicted molar refractivity (Wildman–Crippen MR) is 58.5 cm³/mol. The van der Waals surface area contributed by atoms with Crippen molar-refractivity contribution in [3.05, 3.63) is 35.6 Å². The first-order valence-electron chi connectivity index (χ1n) is 4.79. The van der Waals surface area contributed by atoms with Gasteiger partial charge in [-0.25, -0.2) is 4.39 Å². The molecule has 2 nitrogen and oxygen atoms in total. The fourth-order valence-corrected chi connectivity index (χ4v) is 1.28. The van der Waals surface area contributed by atoms with Crippen LogP contribution in [-0.2, 0) is 11.2 Å². The van der Waals surface area contributed by atoms with Crippen LogP contribution >= 0.6 is 11.6 Å². The lowest BCUT2D eigenvalue weighted by Crippen LogP contribution is -2.26. The van der Waals surface area contributed by atoms with Gasteiger partial charge < -0.3 is 5.32 Å². The molecule has 0 aliphatic carbocycles. The third kappa shape index (κ3) is 4.79. The average Bonchev–Trinajstić information content (AvgIpc) is 2.22. The first kappa shape index (κ1) is 12.0. The quantitative estimate of drug-likeness (QED) is 0.608. The van der Waals surface area contributed by atoms with E-state index in [4.69, 9.17) is 11.6 Å². The highest BCUT2D eigenvalue weighted by Gasteiger charge is 2.02. The summed E-state index contributed by atoms with van der Waals surface area (Å²) in [5.41, 5.74) is 0.805. The highest BCUT2D eigenvalue weighted by Crippen LogP contribution is 2.03. The van der Waals surface area contributed by atoms with Crippen molar-refractivity contribution in [2.24, 2.45) is 0 Å². The van der Waals surface area contributed by atoms with Crippen LogP contribution in [-0.4, -0.2) is 18.3 Å². The molecule has 15 heavy (non-hydrogen) atoms. The molecule has 0 radical (unpaired) electrons. The van der Waals surface area contributed by atoms with Crippen molar-refractivity contribution in [2.75, 3.05) is 12.4 Å². The van der Waals surface area contributed by atoms with Crippen molar-refractivity contribution < 1.29 is 9.18 Å². The fourth-order valence-electron chi connectivity index (χ4n) is 1.14. The van der Waals surface area contributed by atoms with E-state index in [-0.39, 0.29) is 18.1 Å². The number of nitrogens with one attached hydrogen (secondary N) is 1. The van der Waals surface area contributed by atoms with Crippen LogP contribution in [0.3, 0.4) is 0 Å². The van der Waals surface area contributed by atoms with Crippen LogP contribution in [0.2, 0.25) is 0 Å². The van der Waals surface area contributed by atoms with E-state index >= 15 is 0 Å². The maximum absolute atomic E-state index is 12.6. The molecule has 0 aromatic heterocycles. The largest absolute Gasteiger partial charge is 0.356 e. The number of hydrogen-bond donors (Lipinski definition) is 1. The second-order valence-electron chi connectivity index (χ2n) is 3.20. The van der Waals surface area contributed by atoms with E-state index in [1.165, 1.54) is 12.1 Å². The Hall–Kier alpha value is -1.09. The van der Waals surface area contributed by atoms with E-state index in [0.717, 1.165) is 12.0 Å². The molecule has 0 heterocycles. The second kappa shape index (κ2) is 6.40. The predicted octanol–water partition coefficient (Wildman–Crippen LogP) is 2.11. The monoisotopic (exact) mass is 229 g/mol. The molecule has 0 unspecified atom stereocenters. The van der Waals surface area contributed by atoms with Gasteiger partial charge in [0.15, 0.2) is 0 Å². The molecule has 0 fully saturated rings. The van der Waals surface area contributed by atoms with Crippen molar-refractivity contribution in [3.63, 3.8) is 0 Å². The number of carbonyl (C=O) groups is 1. The molecule has 1 aromatic rings. The number of carbonyl (C=O) groups excluding carboxylic acids is 1. The van der Waals surface area contributed by atoms with Crippen molar-refractivity contribution in [3.8, 4) is 0 Å². The minimum Gasteiger partial charge on any atom is -0.356 e. The van der Waals surface area contributed by atoms with Gasteiger partial charge in [-0.15, -0.1) is 11.6 Å². The van der Waals surface area contributed by atoms with Gasteiger partial charge in [0, 0.05) is 12.4 Å². The fraction of sp³-hybridized carbons (Fsp3) is 0.364. The maximum atomic E-state index is 12.6. The average molecular weight is 230 g/mol. The number of amides is 1. The van der Waals surface area contributed by atoms with E-state index in [9.17, 15) is 9.18 Å². The normalized spacial score (nSPS) is 10.0. The lowest BCUT2D eigenvalue weighted by atomic mass is 10.1. The summed E-state index contributed by atoms with van der Waals surface area (Å²) in [6, 6.07) is 5.91. The Morgan fingerprint density at radius 2 is 2.00 bits per heavy atom. The molecule has 1 amide bonds. The molecule has 0 saturated carbocycles. The van der Waals surface area contributed by atoms with Gasteiger partial charge in [-0.3, -0.25) is 4.79 Å². The van der Waals surface area contributed by atoms with Crippen LogP contribution in [0.15, 0.2) is 24.3 Å². The number of hydrogen-bond acceptors (Lipinski definition) is 1. The van der Waals surface area contributed by atoms with Gasteiger partial charge in [0.05, 0.1) is 6.42 Å². The molecular formula is C11H13ClFNO. The molecule has 1 rings (SSSR count). The van der Waals surface area contributed by atoms with Crippen molar-refractivity contribution in [1.82, 2.24) is 5.32 Å². The van der Waals surface area contributed by atoms with Gasteiger partial charge in [-0.05, 0) is 24.1 Å². The molecule has 0 aliphatic heterocycles. The summed E-state index contributed by atoms with van der Waals surface area (Å²) in [6.07, 6.45) is 1.04. The van der Waals surface area contributed by atoms with Gasteiger partial charge in [0.25, 0.3) is 0 Å². The lowest BCUT2D eigenvalue weighted by Gasteiger charge is -2.03. The molecule has 1 aromatic carbocycles. The Morgan fingerprint density at radius 1 is 1.33 bits per heavy atom. The SMILES string of the molecule is O=C(Cc1ccc(F)cc1)NCCCCl. The van der Waals surface area contributed by atoms with Gasteiger partial charge in [0.2, 0.25) is 5.91 Å². The van der Waals surface area contributed by atoms with E-state index in [0.29, 0.717) is 12.4 Å². The van der Waals surface area contributed by atoms with Crippen molar-refractivity contribution in [1.29, 1.82) is 0 Å². The third-order valence-electron chi connectivity index (χ3n) is 1.91. The summed E-state index contributed by atoms with van der Waals surface area (Å²) in [4.78, 5) is 11.3. The standard InChI is InChI=1S/C11H13ClFNO/c12-6-1-7-14-11(15)8-9-2-4-10(13)5-3-9/h2-5H,1,6-8H2,(H,14,15). The molecular weight excluding hydrogens is 217 g/mol. The number of rotatable bonds is 5. The van der Waals surface area contributed by atoms with Gasteiger partial charge in [0.1, 0.15) is 5.82 Å². The highest BCUT2D eigenvalue weighted by molar-refractivity contribution is 6.17. The number of alkyl halides is 1. The Labute approximate surface area is 93.4 Å². The Balaban J connectivity index is 2.34. The summed E-state index contributed by atoms with van der Waals surface area (Å²) < 4.78 is 12.6. The third-order valence-corrected chi connectivity index (χ3v) is 2.18. The van der Waals surface area contributed by atoms with Gasteiger partial charge in [-0.1, -0.05) is 12.1 Å². The Morgan fingerprint density at radius 3 is 2.60 bits per heavy atom. The molecule has 0 atom stereocenters.